The van der Waals surface area contributed by atoms with Gasteiger partial charge in [0.25, 0.3) is 0 Å². The molecule has 0 amide bonds. The third kappa shape index (κ3) is 1.94. The Morgan fingerprint density at radius 3 is 2.42 bits per heavy atom. The Labute approximate surface area is 72.5 Å². The summed E-state index contributed by atoms with van der Waals surface area (Å²) in [6, 6.07) is 1.36. The molecule has 5 heteroatoms. The fourth-order valence-electron chi connectivity index (χ4n) is 0.729. The van der Waals surface area contributed by atoms with E-state index >= 15 is 0 Å². The summed E-state index contributed by atoms with van der Waals surface area (Å²) in [6.07, 6.45) is 1.27. The summed E-state index contributed by atoms with van der Waals surface area (Å²) in [5, 5.41) is 9.39. The van der Waals surface area contributed by atoms with E-state index in [1.54, 1.807) is 13.8 Å². The molecule has 1 aromatic heterocycles. The van der Waals surface area contributed by atoms with Crippen LogP contribution in [0, 0.1) is 0 Å². The van der Waals surface area contributed by atoms with E-state index in [0.29, 0.717) is 5.56 Å². The average Bonchev–Trinajstić information content (AvgIpc) is 2.30. The number of rotatable bonds is 2. The van der Waals surface area contributed by atoms with Gasteiger partial charge in [-0.3, -0.25) is 4.55 Å². The highest BCUT2D eigenvalue weighted by Crippen LogP contribution is 2.22. The van der Waals surface area contributed by atoms with Gasteiger partial charge in [0.2, 0.25) is 16.2 Å². The lowest BCUT2D eigenvalue weighted by Crippen LogP contribution is -2.13. The van der Waals surface area contributed by atoms with Gasteiger partial charge in [0.05, 0.1) is 11.9 Å². The van der Waals surface area contributed by atoms with Gasteiger partial charge in [-0.2, -0.15) is 0 Å². The van der Waals surface area contributed by atoms with Crippen LogP contribution in [0.1, 0.15) is 19.4 Å². The van der Waals surface area contributed by atoms with Crippen molar-refractivity contribution in [3.63, 3.8) is 0 Å². The normalized spacial score (nSPS) is 14.7. The van der Waals surface area contributed by atoms with Crippen LogP contribution in [0.25, 0.3) is 0 Å². The summed E-state index contributed by atoms with van der Waals surface area (Å²) in [6.45, 7) is 3.14. The van der Waals surface area contributed by atoms with E-state index in [1.807, 2.05) is 0 Å². The fraction of sp³-hybridized carbons (Fsp3) is 0.429. The zero-order chi connectivity index (χ0) is 9.35. The molecule has 0 aliphatic carbocycles. The Kier molecular flexibility index (Phi) is 2.36. The molecule has 0 bridgehead atoms. The molecule has 0 aliphatic heterocycles. The lowest BCUT2D eigenvalue weighted by atomic mass is 10.0. The SMILES string of the molecule is CC(C)(O)c1coc(S(=O)O)c1. The van der Waals surface area contributed by atoms with Crippen LogP contribution in [0.2, 0.25) is 0 Å². The van der Waals surface area contributed by atoms with Gasteiger partial charge in [0.1, 0.15) is 0 Å². The second kappa shape index (κ2) is 3.01. The van der Waals surface area contributed by atoms with Crippen LogP contribution >= 0.6 is 0 Å². The molecule has 1 unspecified atom stereocenters. The smallest absolute Gasteiger partial charge is 0.223 e. The third-order valence-electron chi connectivity index (χ3n) is 1.45. The van der Waals surface area contributed by atoms with E-state index in [9.17, 15) is 9.32 Å². The van der Waals surface area contributed by atoms with Crippen molar-refractivity contribution in [3.8, 4) is 0 Å². The minimum atomic E-state index is -2.12. The van der Waals surface area contributed by atoms with Crippen LogP contribution in [0.5, 0.6) is 0 Å². The molecule has 0 saturated heterocycles. The van der Waals surface area contributed by atoms with Crippen molar-refractivity contribution in [1.29, 1.82) is 0 Å². The molecule has 0 spiro atoms. The van der Waals surface area contributed by atoms with E-state index in [4.69, 9.17) is 8.97 Å². The Hall–Kier alpha value is -0.650. The summed E-state index contributed by atoms with van der Waals surface area (Å²) in [5.41, 5.74) is -0.555. The average molecular weight is 190 g/mol. The van der Waals surface area contributed by atoms with Crippen molar-refractivity contribution in [3.05, 3.63) is 17.9 Å². The summed E-state index contributed by atoms with van der Waals surface area (Å²) in [7, 11) is 0. The third-order valence-corrected chi connectivity index (χ3v) is 2.01. The van der Waals surface area contributed by atoms with Gasteiger partial charge >= 0.3 is 0 Å². The number of hydrogen-bond donors (Lipinski definition) is 2. The first-order chi connectivity index (χ1) is 5.41. The predicted molar refractivity (Wildman–Crippen MR) is 43.0 cm³/mol. The molecule has 0 radical (unpaired) electrons. The van der Waals surface area contributed by atoms with Crippen molar-refractivity contribution in [2.24, 2.45) is 0 Å². The van der Waals surface area contributed by atoms with E-state index in [1.165, 1.54) is 12.3 Å². The molecule has 0 saturated carbocycles. The molecule has 0 aliphatic rings. The largest absolute Gasteiger partial charge is 0.453 e. The van der Waals surface area contributed by atoms with Crippen LogP contribution in [0.4, 0.5) is 0 Å². The zero-order valence-electron chi connectivity index (χ0n) is 6.77. The van der Waals surface area contributed by atoms with Crippen LogP contribution < -0.4 is 0 Å². The summed E-state index contributed by atoms with van der Waals surface area (Å²) >= 11 is -2.12. The number of hydrogen-bond acceptors (Lipinski definition) is 3. The van der Waals surface area contributed by atoms with Gasteiger partial charge in [-0.05, 0) is 13.8 Å². The monoisotopic (exact) mass is 190 g/mol. The van der Waals surface area contributed by atoms with Crippen molar-refractivity contribution in [2.45, 2.75) is 24.5 Å². The molecule has 12 heavy (non-hydrogen) atoms. The second-order valence-electron chi connectivity index (χ2n) is 2.96. The van der Waals surface area contributed by atoms with Gasteiger partial charge < -0.3 is 9.52 Å². The van der Waals surface area contributed by atoms with Crippen LogP contribution in [0.15, 0.2) is 21.8 Å². The lowest BCUT2D eigenvalue weighted by molar-refractivity contribution is 0.0779. The Balaban J connectivity index is 3.00. The number of aliphatic hydroxyl groups is 1. The van der Waals surface area contributed by atoms with Crippen molar-refractivity contribution >= 4 is 11.1 Å². The summed E-state index contributed by atoms with van der Waals surface area (Å²) < 4.78 is 23.8. The van der Waals surface area contributed by atoms with Crippen LogP contribution in [-0.2, 0) is 16.7 Å². The summed E-state index contributed by atoms with van der Waals surface area (Å²) in [5.74, 6) is 0. The molecule has 1 aromatic rings. The van der Waals surface area contributed by atoms with E-state index in [0.717, 1.165) is 0 Å². The molecule has 0 fully saturated rings. The first-order valence-corrected chi connectivity index (χ1v) is 4.44. The highest BCUT2D eigenvalue weighted by molar-refractivity contribution is 7.79. The molecule has 4 nitrogen and oxygen atoms in total. The second-order valence-corrected chi connectivity index (χ2v) is 3.86. The van der Waals surface area contributed by atoms with E-state index < -0.39 is 16.7 Å². The lowest BCUT2D eigenvalue weighted by Gasteiger charge is -2.13. The highest BCUT2D eigenvalue weighted by Gasteiger charge is 2.20. The van der Waals surface area contributed by atoms with Crippen molar-refractivity contribution in [1.82, 2.24) is 0 Å². The quantitative estimate of drug-likeness (QED) is 0.685. The van der Waals surface area contributed by atoms with Gasteiger partial charge in [-0.15, -0.1) is 0 Å². The van der Waals surface area contributed by atoms with Gasteiger partial charge in [-0.1, -0.05) is 0 Å². The summed E-state index contributed by atoms with van der Waals surface area (Å²) in [4.78, 5) is 0. The maximum atomic E-state index is 10.5. The highest BCUT2D eigenvalue weighted by atomic mass is 32.2. The Morgan fingerprint density at radius 1 is 1.58 bits per heavy atom. The van der Waals surface area contributed by atoms with Crippen LogP contribution in [0.3, 0.4) is 0 Å². The molecule has 1 atom stereocenters. The van der Waals surface area contributed by atoms with E-state index in [2.05, 4.69) is 0 Å². The topological polar surface area (TPSA) is 70.7 Å². The molecule has 68 valence electrons. The molecule has 2 N–H and O–H groups in total. The van der Waals surface area contributed by atoms with Crippen LogP contribution in [-0.4, -0.2) is 13.9 Å². The first-order valence-electron chi connectivity index (χ1n) is 3.33. The molecule has 0 aromatic carbocycles. The minimum Gasteiger partial charge on any atom is -0.453 e. The van der Waals surface area contributed by atoms with E-state index in [-0.39, 0.29) is 5.09 Å². The molecular weight excluding hydrogens is 180 g/mol. The first kappa shape index (κ1) is 9.44. The molecular formula is C7H10O4S. The van der Waals surface area contributed by atoms with Crippen molar-refractivity contribution < 1.29 is 18.3 Å². The van der Waals surface area contributed by atoms with Gasteiger partial charge in [0, 0.05) is 11.6 Å². The Morgan fingerprint density at radius 2 is 2.17 bits per heavy atom. The minimum absolute atomic E-state index is 0.0490. The van der Waals surface area contributed by atoms with Crippen molar-refractivity contribution in [2.75, 3.05) is 0 Å². The van der Waals surface area contributed by atoms with Gasteiger partial charge in [0.15, 0.2) is 0 Å². The predicted octanol–water partition coefficient (Wildman–Crippen LogP) is 1.09. The standard InChI is InChI=1S/C7H10O4S/c1-7(2,8)5-3-6(11-4-5)12(9)10/h3-4,8H,1-2H3,(H,9,10). The van der Waals surface area contributed by atoms with Gasteiger partial charge in [-0.25, -0.2) is 4.21 Å². The fourth-order valence-corrected chi connectivity index (χ4v) is 1.09. The molecule has 1 rings (SSSR count). The Bertz CT molecular complexity index is 297. The maximum absolute atomic E-state index is 10.5. The number of furan rings is 1. The zero-order valence-corrected chi connectivity index (χ0v) is 7.59. The molecule has 1 heterocycles. The maximum Gasteiger partial charge on any atom is 0.223 e.